The highest BCUT2D eigenvalue weighted by atomic mass is 16.6. The lowest BCUT2D eigenvalue weighted by Crippen LogP contribution is -2.33. The van der Waals surface area contributed by atoms with E-state index in [0.717, 1.165) is 5.56 Å². The van der Waals surface area contributed by atoms with Crippen molar-refractivity contribution in [3.8, 4) is 0 Å². The van der Waals surface area contributed by atoms with E-state index in [1.807, 2.05) is 6.07 Å². The summed E-state index contributed by atoms with van der Waals surface area (Å²) in [7, 11) is 0. The third-order valence-electron chi connectivity index (χ3n) is 4.34. The molecule has 3 aromatic rings. The van der Waals surface area contributed by atoms with Crippen molar-refractivity contribution in [3.05, 3.63) is 36.4 Å². The van der Waals surface area contributed by atoms with E-state index in [1.54, 1.807) is 18.5 Å². The second-order valence-corrected chi connectivity index (χ2v) is 6.12. The molecule has 28 heavy (non-hydrogen) atoms. The van der Waals surface area contributed by atoms with Gasteiger partial charge in [-0.25, -0.2) is 20.4 Å². The van der Waals surface area contributed by atoms with Crippen molar-refractivity contribution in [1.29, 1.82) is 0 Å². The summed E-state index contributed by atoms with van der Waals surface area (Å²) < 4.78 is 7.02. The highest BCUT2D eigenvalue weighted by Crippen LogP contribution is 2.35. The number of hydrogen-bond donors (Lipinski definition) is 5. The van der Waals surface area contributed by atoms with Crippen LogP contribution in [0.4, 0.5) is 11.8 Å². The van der Waals surface area contributed by atoms with Crippen LogP contribution in [0.5, 0.6) is 0 Å². The first-order valence-corrected chi connectivity index (χ1v) is 8.40. The second-order valence-electron chi connectivity index (χ2n) is 6.12. The number of aliphatic hydroxyl groups is 3. The Morgan fingerprint density at radius 2 is 2.18 bits per heavy atom. The summed E-state index contributed by atoms with van der Waals surface area (Å²) in [5.41, 5.74) is 9.95. The molecule has 4 heterocycles. The predicted octanol–water partition coefficient (Wildman–Crippen LogP) is -1.14. The molecule has 0 amide bonds. The third kappa shape index (κ3) is 3.14. The molecule has 12 nitrogen and oxygen atoms in total. The van der Waals surface area contributed by atoms with Crippen LogP contribution >= 0.6 is 0 Å². The van der Waals surface area contributed by atoms with Crippen LogP contribution in [-0.4, -0.2) is 71.0 Å². The molecule has 1 saturated heterocycles. The van der Waals surface area contributed by atoms with Crippen LogP contribution in [0, 0.1) is 0 Å². The van der Waals surface area contributed by atoms with E-state index in [2.05, 4.69) is 30.5 Å². The maximum absolute atomic E-state index is 10.4. The van der Waals surface area contributed by atoms with Gasteiger partial charge in [0.25, 0.3) is 0 Å². The topological polar surface area (TPSA) is 177 Å². The molecule has 1 aliphatic heterocycles. The van der Waals surface area contributed by atoms with Crippen molar-refractivity contribution < 1.29 is 20.1 Å². The minimum absolute atomic E-state index is 0.134. The summed E-state index contributed by atoms with van der Waals surface area (Å²) in [6.45, 7) is -0.458. The summed E-state index contributed by atoms with van der Waals surface area (Å²) in [5, 5.41) is 34.0. The summed E-state index contributed by atoms with van der Waals surface area (Å²) in [5.74, 6) is 0.298. The number of ether oxygens (including phenoxy) is 1. The Hall–Kier alpha value is -3.19. The first-order chi connectivity index (χ1) is 13.6. The SMILES string of the molecule is Nc1ncnc2c1nc(NN=Cc1cccnc1)n2[C@@H]1O[C@@H](CO)[C@@H](O)[C@H]1O. The van der Waals surface area contributed by atoms with E-state index >= 15 is 0 Å². The van der Waals surface area contributed by atoms with Crippen LogP contribution in [0.2, 0.25) is 0 Å². The van der Waals surface area contributed by atoms with E-state index in [4.69, 9.17) is 10.5 Å². The molecule has 4 atom stereocenters. The summed E-state index contributed by atoms with van der Waals surface area (Å²) in [6.07, 6.45) is 1.43. The third-order valence-corrected chi connectivity index (χ3v) is 4.34. The first kappa shape index (κ1) is 18.2. The number of anilines is 2. The summed E-state index contributed by atoms with van der Waals surface area (Å²) in [6, 6.07) is 3.59. The normalized spacial score (nSPS) is 25.0. The first-order valence-electron chi connectivity index (χ1n) is 8.40. The zero-order chi connectivity index (χ0) is 19.7. The van der Waals surface area contributed by atoms with Gasteiger partial charge in [0.1, 0.15) is 24.6 Å². The summed E-state index contributed by atoms with van der Waals surface area (Å²) >= 11 is 0. The molecular weight excluding hydrogens is 368 g/mol. The van der Waals surface area contributed by atoms with Crippen molar-refractivity contribution >= 4 is 29.1 Å². The van der Waals surface area contributed by atoms with E-state index in [9.17, 15) is 15.3 Å². The molecule has 0 aromatic carbocycles. The van der Waals surface area contributed by atoms with Gasteiger partial charge in [0.15, 0.2) is 23.2 Å². The fraction of sp³-hybridized carbons (Fsp3) is 0.312. The number of nitrogens with one attached hydrogen (secondary N) is 1. The average Bonchev–Trinajstić information content (AvgIpc) is 3.21. The lowest BCUT2D eigenvalue weighted by molar-refractivity contribution is -0.0501. The quantitative estimate of drug-likeness (QED) is 0.266. The molecular formula is C16H18N8O4. The zero-order valence-electron chi connectivity index (χ0n) is 14.5. The van der Waals surface area contributed by atoms with Gasteiger partial charge in [-0.2, -0.15) is 5.10 Å². The molecule has 0 radical (unpaired) electrons. The molecule has 0 bridgehead atoms. The number of hydrogen-bond acceptors (Lipinski definition) is 11. The Labute approximate surface area is 158 Å². The average molecular weight is 386 g/mol. The largest absolute Gasteiger partial charge is 0.394 e. The number of aliphatic hydroxyl groups excluding tert-OH is 3. The van der Waals surface area contributed by atoms with E-state index in [0.29, 0.717) is 0 Å². The molecule has 12 heteroatoms. The van der Waals surface area contributed by atoms with E-state index in [1.165, 1.54) is 17.1 Å². The van der Waals surface area contributed by atoms with Gasteiger partial charge in [-0.05, 0) is 6.07 Å². The maximum atomic E-state index is 10.4. The van der Waals surface area contributed by atoms with Crippen LogP contribution < -0.4 is 11.2 Å². The Morgan fingerprint density at radius 3 is 2.89 bits per heavy atom. The molecule has 0 unspecified atom stereocenters. The van der Waals surface area contributed by atoms with Gasteiger partial charge in [0.2, 0.25) is 5.95 Å². The Bertz CT molecular complexity index is 995. The predicted molar refractivity (Wildman–Crippen MR) is 98.2 cm³/mol. The molecule has 3 aromatic heterocycles. The second kappa shape index (κ2) is 7.44. The number of pyridine rings is 1. The maximum Gasteiger partial charge on any atom is 0.228 e. The van der Waals surface area contributed by atoms with Gasteiger partial charge < -0.3 is 25.8 Å². The number of fused-ring (bicyclic) bond motifs is 1. The van der Waals surface area contributed by atoms with Crippen molar-refractivity contribution in [1.82, 2.24) is 24.5 Å². The molecule has 0 aliphatic carbocycles. The fourth-order valence-electron chi connectivity index (χ4n) is 2.96. The standard InChI is InChI=1S/C16H18N8O4/c17-13-10-14(20-7-19-13)24(15-12(27)11(26)9(6-25)28-15)16(22-10)23-21-5-8-2-1-3-18-4-8/h1-5,7,9,11-12,15,25-27H,6H2,(H,22,23)(H2,17,19,20)/t9-,11+,12+,15+/m0/s1. The smallest absolute Gasteiger partial charge is 0.228 e. The molecule has 1 aliphatic rings. The number of imidazole rings is 1. The van der Waals surface area contributed by atoms with Crippen LogP contribution in [0.25, 0.3) is 11.2 Å². The van der Waals surface area contributed by atoms with Gasteiger partial charge in [-0.3, -0.25) is 9.55 Å². The number of rotatable bonds is 5. The molecule has 146 valence electrons. The highest BCUT2D eigenvalue weighted by Gasteiger charge is 2.45. The lowest BCUT2D eigenvalue weighted by atomic mass is 10.1. The van der Waals surface area contributed by atoms with Gasteiger partial charge in [0.05, 0.1) is 12.8 Å². The molecule has 0 saturated carbocycles. The van der Waals surface area contributed by atoms with Gasteiger partial charge in [-0.15, -0.1) is 0 Å². The van der Waals surface area contributed by atoms with Crippen LogP contribution in [0.1, 0.15) is 11.8 Å². The minimum Gasteiger partial charge on any atom is -0.394 e. The molecule has 4 rings (SSSR count). The van der Waals surface area contributed by atoms with Gasteiger partial charge in [0, 0.05) is 18.0 Å². The number of hydrazone groups is 1. The Kier molecular flexibility index (Phi) is 4.83. The molecule has 0 spiro atoms. The van der Waals surface area contributed by atoms with Crippen LogP contribution in [0.15, 0.2) is 36.0 Å². The highest BCUT2D eigenvalue weighted by molar-refractivity contribution is 5.84. The summed E-state index contributed by atoms with van der Waals surface area (Å²) in [4.78, 5) is 16.4. The number of aromatic nitrogens is 5. The van der Waals surface area contributed by atoms with Gasteiger partial charge in [-0.1, -0.05) is 6.07 Å². The van der Waals surface area contributed by atoms with E-state index < -0.39 is 31.1 Å². The van der Waals surface area contributed by atoms with Crippen molar-refractivity contribution in [2.24, 2.45) is 5.10 Å². The van der Waals surface area contributed by atoms with Crippen molar-refractivity contribution in [3.63, 3.8) is 0 Å². The van der Waals surface area contributed by atoms with Crippen molar-refractivity contribution in [2.75, 3.05) is 17.8 Å². The minimum atomic E-state index is -1.33. The van der Waals surface area contributed by atoms with Crippen LogP contribution in [0.3, 0.4) is 0 Å². The molecule has 1 fully saturated rings. The number of nitrogens with zero attached hydrogens (tertiary/aromatic N) is 6. The zero-order valence-corrected chi connectivity index (χ0v) is 14.5. The molecule has 6 N–H and O–H groups in total. The number of nitrogen functional groups attached to an aromatic ring is 1. The van der Waals surface area contributed by atoms with Crippen LogP contribution in [-0.2, 0) is 4.74 Å². The Morgan fingerprint density at radius 1 is 1.32 bits per heavy atom. The monoisotopic (exact) mass is 386 g/mol. The fourth-order valence-corrected chi connectivity index (χ4v) is 2.96. The number of nitrogens with two attached hydrogens (primary N) is 1. The van der Waals surface area contributed by atoms with Gasteiger partial charge >= 0.3 is 0 Å². The lowest BCUT2D eigenvalue weighted by Gasteiger charge is -2.18. The van der Waals surface area contributed by atoms with Crippen molar-refractivity contribution in [2.45, 2.75) is 24.5 Å². The van der Waals surface area contributed by atoms with E-state index in [-0.39, 0.29) is 22.9 Å². The Balaban J connectivity index is 1.73.